The van der Waals surface area contributed by atoms with Crippen LogP contribution >= 0.6 is 0 Å². The average molecular weight is 243 g/mol. The highest BCUT2D eigenvalue weighted by atomic mass is 16.6. The number of para-hydroxylation sites is 1. The Hall–Kier alpha value is -2.36. The fourth-order valence-corrected chi connectivity index (χ4v) is 1.96. The zero-order valence-corrected chi connectivity index (χ0v) is 10.2. The zero-order valence-electron chi connectivity index (χ0n) is 10.2. The summed E-state index contributed by atoms with van der Waals surface area (Å²) in [7, 11) is 0. The molecule has 2 aromatic rings. The summed E-state index contributed by atoms with van der Waals surface area (Å²) in [6.45, 7) is 3.64. The Morgan fingerprint density at radius 2 is 1.67 bits per heavy atom. The average Bonchev–Trinajstić information content (AvgIpc) is 2.36. The molecule has 0 radical (unpaired) electrons. The molecule has 2 rings (SSSR count). The van der Waals surface area contributed by atoms with Crippen molar-refractivity contribution in [2.75, 3.05) is 0 Å². The number of phenolic OH excluding ortho intramolecular Hbond substituents is 1. The highest BCUT2D eigenvalue weighted by Gasteiger charge is 2.17. The van der Waals surface area contributed by atoms with Gasteiger partial charge in [-0.3, -0.25) is 10.1 Å². The Balaban J connectivity index is 2.70. The van der Waals surface area contributed by atoms with Gasteiger partial charge in [0, 0.05) is 6.07 Å². The van der Waals surface area contributed by atoms with E-state index in [2.05, 4.69) is 0 Å². The Labute approximate surface area is 105 Å². The lowest BCUT2D eigenvalue weighted by Crippen LogP contribution is -1.94. The SMILES string of the molecule is Cc1c(O)ccc(-c2ccccc2[N+](=O)[O-])c1C. The van der Waals surface area contributed by atoms with Gasteiger partial charge in [0.1, 0.15) is 5.75 Å². The fraction of sp³-hybridized carbons (Fsp3) is 0.143. The zero-order chi connectivity index (χ0) is 13.3. The minimum atomic E-state index is -0.392. The van der Waals surface area contributed by atoms with Crippen LogP contribution in [0.5, 0.6) is 5.75 Å². The third-order valence-electron chi connectivity index (χ3n) is 3.15. The molecule has 92 valence electrons. The maximum Gasteiger partial charge on any atom is 0.277 e. The first kappa shape index (κ1) is 12.1. The smallest absolute Gasteiger partial charge is 0.277 e. The van der Waals surface area contributed by atoms with Crippen molar-refractivity contribution in [2.45, 2.75) is 13.8 Å². The molecular weight excluding hydrogens is 230 g/mol. The van der Waals surface area contributed by atoms with Crippen LogP contribution in [-0.2, 0) is 0 Å². The Morgan fingerprint density at radius 1 is 1.00 bits per heavy atom. The van der Waals surface area contributed by atoms with E-state index >= 15 is 0 Å². The molecule has 0 aliphatic carbocycles. The molecule has 0 saturated carbocycles. The molecule has 0 aliphatic heterocycles. The van der Waals surface area contributed by atoms with E-state index in [0.717, 1.165) is 16.7 Å². The summed E-state index contributed by atoms with van der Waals surface area (Å²) in [6, 6.07) is 9.89. The largest absolute Gasteiger partial charge is 0.508 e. The summed E-state index contributed by atoms with van der Waals surface area (Å²) in [5, 5.41) is 20.6. The van der Waals surface area contributed by atoms with E-state index < -0.39 is 4.92 Å². The summed E-state index contributed by atoms with van der Waals surface area (Å²) in [5.74, 6) is 0.204. The van der Waals surface area contributed by atoms with Gasteiger partial charge >= 0.3 is 0 Å². The second-order valence-electron chi connectivity index (χ2n) is 4.16. The number of aromatic hydroxyl groups is 1. The van der Waals surface area contributed by atoms with E-state index in [1.165, 1.54) is 6.07 Å². The molecule has 18 heavy (non-hydrogen) atoms. The Bertz CT molecular complexity index is 620. The van der Waals surface area contributed by atoms with Crippen molar-refractivity contribution in [1.82, 2.24) is 0 Å². The van der Waals surface area contributed by atoms with E-state index in [9.17, 15) is 15.2 Å². The van der Waals surface area contributed by atoms with Gasteiger partial charge in [-0.1, -0.05) is 18.2 Å². The first-order chi connectivity index (χ1) is 8.52. The third-order valence-corrected chi connectivity index (χ3v) is 3.15. The number of nitro groups is 1. The van der Waals surface area contributed by atoms with Crippen molar-refractivity contribution < 1.29 is 10.0 Å². The van der Waals surface area contributed by atoms with Crippen molar-refractivity contribution in [3.05, 3.63) is 57.6 Å². The second-order valence-corrected chi connectivity index (χ2v) is 4.16. The minimum absolute atomic E-state index is 0.0747. The molecule has 0 aliphatic rings. The lowest BCUT2D eigenvalue weighted by molar-refractivity contribution is -0.384. The van der Waals surface area contributed by atoms with E-state index in [4.69, 9.17) is 0 Å². The van der Waals surface area contributed by atoms with E-state index in [0.29, 0.717) is 5.56 Å². The van der Waals surface area contributed by atoms with Gasteiger partial charge in [-0.25, -0.2) is 0 Å². The van der Waals surface area contributed by atoms with Gasteiger partial charge in [0.15, 0.2) is 0 Å². The van der Waals surface area contributed by atoms with Gasteiger partial charge in [0.05, 0.1) is 10.5 Å². The number of nitro benzene ring substituents is 1. The molecule has 2 aromatic carbocycles. The predicted molar refractivity (Wildman–Crippen MR) is 69.7 cm³/mol. The first-order valence-corrected chi connectivity index (χ1v) is 5.55. The van der Waals surface area contributed by atoms with Gasteiger partial charge in [0.2, 0.25) is 0 Å². The third kappa shape index (κ3) is 1.93. The summed E-state index contributed by atoms with van der Waals surface area (Å²) in [5.41, 5.74) is 3.02. The maximum atomic E-state index is 11.0. The topological polar surface area (TPSA) is 63.4 Å². The van der Waals surface area contributed by atoms with Crippen LogP contribution in [0.25, 0.3) is 11.1 Å². The van der Waals surface area contributed by atoms with E-state index in [-0.39, 0.29) is 11.4 Å². The Kier molecular flexibility index (Phi) is 3.02. The summed E-state index contributed by atoms with van der Waals surface area (Å²) < 4.78 is 0. The minimum Gasteiger partial charge on any atom is -0.508 e. The van der Waals surface area contributed by atoms with E-state index in [1.54, 1.807) is 37.3 Å². The fourth-order valence-electron chi connectivity index (χ4n) is 1.96. The normalized spacial score (nSPS) is 10.3. The first-order valence-electron chi connectivity index (χ1n) is 5.55. The molecule has 1 N–H and O–H groups in total. The highest BCUT2D eigenvalue weighted by Crippen LogP contribution is 2.35. The van der Waals surface area contributed by atoms with Crippen molar-refractivity contribution in [2.24, 2.45) is 0 Å². The number of benzene rings is 2. The highest BCUT2D eigenvalue weighted by molar-refractivity contribution is 5.77. The van der Waals surface area contributed by atoms with Crippen LogP contribution in [0.4, 0.5) is 5.69 Å². The van der Waals surface area contributed by atoms with Crippen molar-refractivity contribution in [3.63, 3.8) is 0 Å². The summed E-state index contributed by atoms with van der Waals surface area (Å²) in [4.78, 5) is 10.6. The van der Waals surface area contributed by atoms with Crippen LogP contribution in [0.3, 0.4) is 0 Å². The van der Waals surface area contributed by atoms with Gasteiger partial charge < -0.3 is 5.11 Å². The van der Waals surface area contributed by atoms with Crippen molar-refractivity contribution in [3.8, 4) is 16.9 Å². The molecule has 0 heterocycles. The molecule has 0 aromatic heterocycles. The molecule has 0 fully saturated rings. The lowest BCUT2D eigenvalue weighted by atomic mass is 9.95. The molecule has 4 heteroatoms. The van der Waals surface area contributed by atoms with Crippen molar-refractivity contribution in [1.29, 1.82) is 0 Å². The summed E-state index contributed by atoms with van der Waals surface area (Å²) in [6.07, 6.45) is 0. The quantitative estimate of drug-likeness (QED) is 0.647. The molecule has 0 saturated heterocycles. The Morgan fingerprint density at radius 3 is 2.33 bits per heavy atom. The number of hydrogen-bond donors (Lipinski definition) is 1. The molecule has 0 bridgehead atoms. The van der Waals surface area contributed by atoms with Gasteiger partial charge in [-0.15, -0.1) is 0 Å². The van der Waals surface area contributed by atoms with Gasteiger partial charge in [0.25, 0.3) is 5.69 Å². The van der Waals surface area contributed by atoms with Gasteiger partial charge in [-0.05, 0) is 42.7 Å². The van der Waals surface area contributed by atoms with Crippen LogP contribution < -0.4 is 0 Å². The second kappa shape index (κ2) is 4.49. The van der Waals surface area contributed by atoms with Crippen LogP contribution in [0, 0.1) is 24.0 Å². The van der Waals surface area contributed by atoms with Crippen molar-refractivity contribution >= 4 is 5.69 Å². The van der Waals surface area contributed by atoms with Crippen LogP contribution in [0.2, 0.25) is 0 Å². The van der Waals surface area contributed by atoms with E-state index in [1.807, 2.05) is 6.92 Å². The predicted octanol–water partition coefficient (Wildman–Crippen LogP) is 3.58. The summed E-state index contributed by atoms with van der Waals surface area (Å²) >= 11 is 0. The molecular formula is C14H13NO3. The number of rotatable bonds is 2. The molecule has 0 atom stereocenters. The van der Waals surface area contributed by atoms with Crippen LogP contribution in [0.15, 0.2) is 36.4 Å². The number of hydrogen-bond acceptors (Lipinski definition) is 3. The lowest BCUT2D eigenvalue weighted by Gasteiger charge is -2.10. The monoisotopic (exact) mass is 243 g/mol. The van der Waals surface area contributed by atoms with Crippen LogP contribution in [0.1, 0.15) is 11.1 Å². The number of nitrogens with zero attached hydrogens (tertiary/aromatic N) is 1. The standard InChI is InChI=1S/C14H13NO3/c1-9-10(2)14(16)8-7-11(9)12-5-3-4-6-13(12)15(17)18/h3-8,16H,1-2H3. The molecule has 0 amide bonds. The van der Waals surface area contributed by atoms with Gasteiger partial charge in [-0.2, -0.15) is 0 Å². The number of phenols is 1. The molecule has 4 nitrogen and oxygen atoms in total. The molecule has 0 unspecified atom stereocenters. The molecule has 0 spiro atoms. The van der Waals surface area contributed by atoms with Crippen LogP contribution in [-0.4, -0.2) is 10.0 Å². The maximum absolute atomic E-state index is 11.0.